The van der Waals surface area contributed by atoms with Crippen molar-refractivity contribution < 1.29 is 4.79 Å². The molecule has 1 amide bonds. The first-order valence-corrected chi connectivity index (χ1v) is 8.18. The number of nitrogens with zero attached hydrogens (tertiary/aromatic N) is 1. The van der Waals surface area contributed by atoms with Crippen LogP contribution in [0.5, 0.6) is 0 Å². The van der Waals surface area contributed by atoms with E-state index in [-0.39, 0.29) is 11.9 Å². The largest absolute Gasteiger partial charge is 0.348 e. The minimum atomic E-state index is -0.0195. The molecule has 0 aromatic heterocycles. The van der Waals surface area contributed by atoms with Gasteiger partial charge in [-0.1, -0.05) is 59.6 Å². The maximum absolute atomic E-state index is 12.2. The second-order valence-electron chi connectivity index (χ2n) is 5.61. The maximum Gasteiger partial charge on any atom is 0.234 e. The van der Waals surface area contributed by atoms with Crippen molar-refractivity contribution in [2.45, 2.75) is 19.5 Å². The van der Waals surface area contributed by atoms with Crippen LogP contribution in [0.25, 0.3) is 0 Å². The standard InChI is InChI=1S/C18H20Cl2N2O/c1-13(14-6-4-3-5-7-14)21-18(23)12-22(2)11-15-8-9-16(19)10-17(15)20/h3-10,13H,11-12H2,1-2H3,(H,21,23)/t13-/m0/s1. The van der Waals surface area contributed by atoms with Gasteiger partial charge < -0.3 is 5.32 Å². The molecule has 2 aromatic rings. The highest BCUT2D eigenvalue weighted by Gasteiger charge is 2.12. The Bertz CT molecular complexity index is 661. The van der Waals surface area contributed by atoms with Crippen LogP contribution in [0.1, 0.15) is 24.1 Å². The van der Waals surface area contributed by atoms with Crippen LogP contribution >= 0.6 is 23.2 Å². The quantitative estimate of drug-likeness (QED) is 0.842. The van der Waals surface area contributed by atoms with E-state index >= 15 is 0 Å². The van der Waals surface area contributed by atoms with E-state index in [9.17, 15) is 4.79 Å². The van der Waals surface area contributed by atoms with Crippen molar-refractivity contribution in [2.24, 2.45) is 0 Å². The molecule has 23 heavy (non-hydrogen) atoms. The van der Waals surface area contributed by atoms with E-state index in [0.717, 1.165) is 11.1 Å². The lowest BCUT2D eigenvalue weighted by Crippen LogP contribution is -2.36. The van der Waals surface area contributed by atoms with Gasteiger partial charge in [0.1, 0.15) is 0 Å². The van der Waals surface area contributed by atoms with Crippen molar-refractivity contribution in [1.29, 1.82) is 0 Å². The zero-order chi connectivity index (χ0) is 16.8. The van der Waals surface area contributed by atoms with Gasteiger partial charge in [-0.25, -0.2) is 0 Å². The molecule has 122 valence electrons. The van der Waals surface area contributed by atoms with Crippen LogP contribution < -0.4 is 5.32 Å². The monoisotopic (exact) mass is 350 g/mol. The third-order valence-electron chi connectivity index (χ3n) is 3.55. The highest BCUT2D eigenvalue weighted by atomic mass is 35.5. The maximum atomic E-state index is 12.2. The van der Waals surface area contributed by atoms with Gasteiger partial charge in [0.25, 0.3) is 0 Å². The molecule has 0 fully saturated rings. The highest BCUT2D eigenvalue weighted by molar-refractivity contribution is 6.35. The van der Waals surface area contributed by atoms with Crippen LogP contribution in [-0.2, 0) is 11.3 Å². The van der Waals surface area contributed by atoms with E-state index in [2.05, 4.69) is 5.32 Å². The fraction of sp³-hybridized carbons (Fsp3) is 0.278. The van der Waals surface area contributed by atoms with Crippen molar-refractivity contribution in [2.75, 3.05) is 13.6 Å². The first kappa shape index (κ1) is 17.8. The van der Waals surface area contributed by atoms with E-state index in [0.29, 0.717) is 23.1 Å². The Morgan fingerprint density at radius 2 is 1.87 bits per heavy atom. The fourth-order valence-electron chi connectivity index (χ4n) is 2.35. The zero-order valence-electron chi connectivity index (χ0n) is 13.2. The summed E-state index contributed by atoms with van der Waals surface area (Å²) in [5.74, 6) is -0.0195. The van der Waals surface area contributed by atoms with E-state index in [4.69, 9.17) is 23.2 Å². The summed E-state index contributed by atoms with van der Waals surface area (Å²) in [4.78, 5) is 14.1. The summed E-state index contributed by atoms with van der Waals surface area (Å²) in [7, 11) is 1.89. The SMILES string of the molecule is C[C@H](NC(=O)CN(C)Cc1ccc(Cl)cc1Cl)c1ccccc1. The lowest BCUT2D eigenvalue weighted by atomic mass is 10.1. The number of likely N-dealkylation sites (N-methyl/N-ethyl adjacent to an activating group) is 1. The van der Waals surface area contributed by atoms with Gasteiger partial charge in [0.05, 0.1) is 12.6 Å². The molecule has 0 aliphatic rings. The van der Waals surface area contributed by atoms with Crippen LogP contribution in [0.4, 0.5) is 0 Å². The molecule has 2 rings (SSSR count). The number of hydrogen-bond donors (Lipinski definition) is 1. The smallest absolute Gasteiger partial charge is 0.234 e. The van der Waals surface area contributed by atoms with E-state index in [1.807, 2.05) is 55.3 Å². The minimum Gasteiger partial charge on any atom is -0.348 e. The van der Waals surface area contributed by atoms with Crippen molar-refractivity contribution in [3.05, 3.63) is 69.7 Å². The Hall–Kier alpha value is -1.55. The molecule has 0 aliphatic carbocycles. The highest BCUT2D eigenvalue weighted by Crippen LogP contribution is 2.22. The molecule has 1 N–H and O–H groups in total. The normalized spacial score (nSPS) is 12.2. The molecule has 3 nitrogen and oxygen atoms in total. The van der Waals surface area contributed by atoms with E-state index in [1.54, 1.807) is 12.1 Å². The molecular formula is C18H20Cl2N2O. The van der Waals surface area contributed by atoms with Crippen LogP contribution in [0, 0.1) is 0 Å². The number of rotatable bonds is 6. The third kappa shape index (κ3) is 5.54. The first-order chi connectivity index (χ1) is 11.0. The number of nitrogens with one attached hydrogen (secondary N) is 1. The number of amides is 1. The average molecular weight is 351 g/mol. The Morgan fingerprint density at radius 1 is 1.17 bits per heavy atom. The fourth-order valence-corrected chi connectivity index (χ4v) is 2.82. The number of hydrogen-bond acceptors (Lipinski definition) is 2. The van der Waals surface area contributed by atoms with Crippen LogP contribution in [0.3, 0.4) is 0 Å². The summed E-state index contributed by atoms with van der Waals surface area (Å²) in [6.07, 6.45) is 0. The van der Waals surface area contributed by atoms with Crippen molar-refractivity contribution in [3.8, 4) is 0 Å². The number of halogens is 2. The van der Waals surface area contributed by atoms with Gasteiger partial charge in [-0.05, 0) is 37.2 Å². The summed E-state index contributed by atoms with van der Waals surface area (Å²) < 4.78 is 0. The summed E-state index contributed by atoms with van der Waals surface area (Å²) in [5, 5.41) is 4.22. The summed E-state index contributed by atoms with van der Waals surface area (Å²) in [6.45, 7) is 2.86. The first-order valence-electron chi connectivity index (χ1n) is 7.42. The van der Waals surface area contributed by atoms with Gasteiger partial charge in [-0.3, -0.25) is 9.69 Å². The molecule has 1 atom stereocenters. The summed E-state index contributed by atoms with van der Waals surface area (Å²) >= 11 is 12.1. The van der Waals surface area contributed by atoms with Crippen molar-refractivity contribution >= 4 is 29.1 Å². The van der Waals surface area contributed by atoms with Gasteiger partial charge in [-0.15, -0.1) is 0 Å². The molecule has 0 saturated heterocycles. The van der Waals surface area contributed by atoms with Gasteiger partial charge in [0.15, 0.2) is 0 Å². The van der Waals surface area contributed by atoms with Gasteiger partial charge in [0.2, 0.25) is 5.91 Å². The lowest BCUT2D eigenvalue weighted by Gasteiger charge is -2.20. The van der Waals surface area contributed by atoms with E-state index < -0.39 is 0 Å². The molecule has 0 radical (unpaired) electrons. The molecule has 0 bridgehead atoms. The second kappa shape index (κ2) is 8.34. The van der Waals surface area contributed by atoms with Crippen LogP contribution in [0.2, 0.25) is 10.0 Å². The zero-order valence-corrected chi connectivity index (χ0v) is 14.7. The topological polar surface area (TPSA) is 32.3 Å². The van der Waals surface area contributed by atoms with Gasteiger partial charge in [-0.2, -0.15) is 0 Å². The van der Waals surface area contributed by atoms with Crippen molar-refractivity contribution in [1.82, 2.24) is 10.2 Å². The average Bonchev–Trinajstić information content (AvgIpc) is 2.50. The summed E-state index contributed by atoms with van der Waals surface area (Å²) in [5.41, 5.74) is 2.03. The molecule has 0 unspecified atom stereocenters. The number of carbonyl (C=O) groups excluding carboxylic acids is 1. The second-order valence-corrected chi connectivity index (χ2v) is 6.45. The molecule has 0 saturated carbocycles. The Labute approximate surface area is 147 Å². The molecular weight excluding hydrogens is 331 g/mol. The molecule has 0 spiro atoms. The minimum absolute atomic E-state index is 0.0174. The van der Waals surface area contributed by atoms with E-state index in [1.165, 1.54) is 0 Å². The summed E-state index contributed by atoms with van der Waals surface area (Å²) in [6, 6.07) is 15.3. The Balaban J connectivity index is 1.87. The van der Waals surface area contributed by atoms with Gasteiger partial charge >= 0.3 is 0 Å². The predicted molar refractivity (Wildman–Crippen MR) is 95.8 cm³/mol. The molecule has 0 heterocycles. The number of carbonyl (C=O) groups is 1. The third-order valence-corrected chi connectivity index (χ3v) is 4.13. The molecule has 0 aliphatic heterocycles. The van der Waals surface area contributed by atoms with Crippen molar-refractivity contribution in [3.63, 3.8) is 0 Å². The predicted octanol–water partition coefficient (Wildman–Crippen LogP) is 4.30. The van der Waals surface area contributed by atoms with Crippen LogP contribution in [-0.4, -0.2) is 24.4 Å². The van der Waals surface area contributed by atoms with Crippen LogP contribution in [0.15, 0.2) is 48.5 Å². The Kier molecular flexibility index (Phi) is 6.46. The van der Waals surface area contributed by atoms with Gasteiger partial charge in [0, 0.05) is 16.6 Å². The Morgan fingerprint density at radius 3 is 2.52 bits per heavy atom. The number of benzene rings is 2. The molecule has 5 heteroatoms. The lowest BCUT2D eigenvalue weighted by molar-refractivity contribution is -0.122. The molecule has 2 aromatic carbocycles.